The van der Waals surface area contributed by atoms with Crippen molar-refractivity contribution in [1.29, 1.82) is 0 Å². The summed E-state index contributed by atoms with van der Waals surface area (Å²) in [4.78, 5) is 41.5. The van der Waals surface area contributed by atoms with Crippen LogP contribution < -0.4 is 71.5 Å². The van der Waals surface area contributed by atoms with Crippen LogP contribution >= 0.6 is 0 Å². The number of carbonyl (C=O) groups is 4. The number of halogens is 3. The van der Waals surface area contributed by atoms with Crippen molar-refractivity contribution in [3.8, 4) is 0 Å². The Balaban J connectivity index is -0.0000000855. The number of aliphatic hydroxyl groups is 1. The number of carboxylic acids is 3. The van der Waals surface area contributed by atoms with Crippen LogP contribution in [-0.2, 0) is 43.9 Å². The largest absolute Gasteiger partial charge is 2.00 e. The normalized spacial score (nSPS) is 11.5. The zero-order chi connectivity index (χ0) is 21.4. The molecule has 1 aromatic rings. The van der Waals surface area contributed by atoms with Crippen LogP contribution in [0.25, 0.3) is 0 Å². The van der Waals surface area contributed by atoms with Gasteiger partial charge in [0.1, 0.15) is 4.90 Å². The number of nitrogens with one attached hydrogen (secondary N) is 1. The second kappa shape index (κ2) is 19.9. The van der Waals surface area contributed by atoms with E-state index in [9.17, 15) is 27.6 Å². The first kappa shape index (κ1) is 45.0. The third kappa shape index (κ3) is 13.9. The molecule has 7 N–H and O–H groups in total. The SMILES string of the molecule is O=C(O)CC(O)(CC(=O)O)C(=O)O.O=C1NS(=O)(=O)c2ccccc21.OO.[Cl-].[Cl-].[Cl-].[Na+].[Zn+2]. The minimum atomic E-state index is -3.55. The molecular formula is C13H15Cl3NNaO12SZn. The van der Waals surface area contributed by atoms with Crippen molar-refractivity contribution >= 4 is 33.8 Å². The molecule has 2 rings (SSSR count). The molecule has 1 heterocycles. The Morgan fingerprint density at radius 2 is 1.28 bits per heavy atom. The molecule has 0 unspecified atom stereocenters. The van der Waals surface area contributed by atoms with Gasteiger partial charge in [0.05, 0.1) is 18.4 Å². The van der Waals surface area contributed by atoms with E-state index >= 15 is 0 Å². The van der Waals surface area contributed by atoms with E-state index < -0.39 is 52.3 Å². The maximum atomic E-state index is 11.1. The number of hydrogen-bond acceptors (Lipinski definition) is 9. The van der Waals surface area contributed by atoms with Gasteiger partial charge in [0, 0.05) is 0 Å². The molecule has 0 aliphatic carbocycles. The second-order valence-corrected chi connectivity index (χ2v) is 6.56. The van der Waals surface area contributed by atoms with Crippen LogP contribution in [0.3, 0.4) is 0 Å². The van der Waals surface area contributed by atoms with Gasteiger partial charge in [-0.3, -0.25) is 24.9 Å². The molecule has 0 saturated carbocycles. The van der Waals surface area contributed by atoms with Gasteiger partial charge >= 0.3 is 66.9 Å². The summed E-state index contributed by atoms with van der Waals surface area (Å²) in [5, 5.41) is 45.8. The van der Waals surface area contributed by atoms with E-state index in [1.807, 2.05) is 4.72 Å². The summed E-state index contributed by atoms with van der Waals surface area (Å²) in [5.41, 5.74) is -2.52. The molecule has 0 saturated heterocycles. The van der Waals surface area contributed by atoms with E-state index in [4.69, 9.17) is 30.9 Å². The first-order valence-corrected chi connectivity index (χ1v) is 8.13. The second-order valence-electron chi connectivity index (χ2n) is 4.91. The molecule has 0 bridgehead atoms. The number of carboxylic acid groups (broad SMARTS) is 3. The Hall–Kier alpha value is -0.577. The number of rotatable bonds is 5. The number of fused-ring (bicyclic) bond motifs is 1. The van der Waals surface area contributed by atoms with Gasteiger partial charge in [-0.2, -0.15) is 0 Å². The minimum absolute atomic E-state index is 0. The van der Waals surface area contributed by atoms with Crippen molar-refractivity contribution in [3.63, 3.8) is 0 Å². The van der Waals surface area contributed by atoms with Crippen LogP contribution in [0, 0.1) is 0 Å². The molecule has 174 valence electrons. The average molecular weight is 604 g/mol. The minimum Gasteiger partial charge on any atom is -1.00 e. The van der Waals surface area contributed by atoms with Gasteiger partial charge < -0.3 is 57.6 Å². The fourth-order valence-electron chi connectivity index (χ4n) is 1.83. The molecule has 0 atom stereocenters. The summed E-state index contributed by atoms with van der Waals surface area (Å²) >= 11 is 0. The Kier molecular flexibility index (Phi) is 27.9. The van der Waals surface area contributed by atoms with E-state index in [0.29, 0.717) is 0 Å². The van der Waals surface area contributed by atoms with Gasteiger partial charge in [0.25, 0.3) is 15.9 Å². The van der Waals surface area contributed by atoms with E-state index in [2.05, 4.69) is 0 Å². The number of aliphatic carboxylic acids is 3. The van der Waals surface area contributed by atoms with E-state index in [-0.39, 0.29) is 96.7 Å². The summed E-state index contributed by atoms with van der Waals surface area (Å²) in [6, 6.07) is 6.09. The molecule has 0 radical (unpaired) electrons. The average Bonchev–Trinajstić information content (AvgIpc) is 2.78. The summed E-state index contributed by atoms with van der Waals surface area (Å²) < 4.78 is 24.2. The first-order chi connectivity index (χ1) is 12.4. The fraction of sp³-hybridized carbons (Fsp3) is 0.231. The van der Waals surface area contributed by atoms with Crippen LogP contribution in [0.5, 0.6) is 0 Å². The molecule has 0 fully saturated rings. The van der Waals surface area contributed by atoms with E-state index in [1.165, 1.54) is 12.1 Å². The van der Waals surface area contributed by atoms with Gasteiger partial charge in [-0.25, -0.2) is 17.9 Å². The summed E-state index contributed by atoms with van der Waals surface area (Å²) in [6.07, 6.45) is -2.29. The molecule has 13 nitrogen and oxygen atoms in total. The fourth-order valence-corrected chi connectivity index (χ4v) is 3.01. The Bertz CT molecular complexity index is 842. The standard InChI is InChI=1S/C7H5NO3S.C6H8O7.3ClH.Na.H2O2.Zn/c9-7-5-3-1-2-4-6(5)12(10,11)8-7;7-3(8)1-6(13,5(11)12)2-4(9)10;;;;;1-2;/h1-4H,(H,8,9);13H,1-2H2,(H,7,8)(H,9,10)(H,11,12);3*1H;;1-2H;/q;;;;;+1;;+2/p-3. The molecule has 32 heavy (non-hydrogen) atoms. The van der Waals surface area contributed by atoms with Crippen molar-refractivity contribution in [3.05, 3.63) is 29.8 Å². The van der Waals surface area contributed by atoms with Gasteiger partial charge in [-0.1, -0.05) is 12.1 Å². The number of amides is 1. The quantitative estimate of drug-likeness (QED) is 0.0943. The van der Waals surface area contributed by atoms with Crippen LogP contribution in [0.2, 0.25) is 0 Å². The Morgan fingerprint density at radius 1 is 0.906 bits per heavy atom. The summed E-state index contributed by atoms with van der Waals surface area (Å²) in [7, 11) is -3.55. The predicted molar refractivity (Wildman–Crippen MR) is 83.4 cm³/mol. The van der Waals surface area contributed by atoms with Crippen molar-refractivity contribution in [2.24, 2.45) is 0 Å². The Morgan fingerprint density at radius 3 is 1.59 bits per heavy atom. The number of sulfonamides is 1. The smallest absolute Gasteiger partial charge is 1.00 e. The van der Waals surface area contributed by atoms with Crippen molar-refractivity contribution in [1.82, 2.24) is 4.72 Å². The van der Waals surface area contributed by atoms with Gasteiger partial charge in [-0.15, -0.1) is 0 Å². The van der Waals surface area contributed by atoms with Crippen molar-refractivity contribution < 1.29 is 145 Å². The number of hydrogen-bond donors (Lipinski definition) is 7. The van der Waals surface area contributed by atoms with Crippen molar-refractivity contribution in [2.45, 2.75) is 23.3 Å². The third-order valence-corrected chi connectivity index (χ3v) is 4.32. The topological polar surface area (TPSA) is 236 Å². The van der Waals surface area contributed by atoms with Crippen molar-refractivity contribution in [2.75, 3.05) is 0 Å². The zero-order valence-corrected chi connectivity index (χ0v) is 24.2. The molecule has 0 spiro atoms. The van der Waals surface area contributed by atoms with Crippen LogP contribution in [0.4, 0.5) is 0 Å². The summed E-state index contributed by atoms with van der Waals surface area (Å²) in [5.74, 6) is -5.57. The molecule has 19 heteroatoms. The number of benzene rings is 1. The Labute approximate surface area is 234 Å². The van der Waals surface area contributed by atoms with Gasteiger partial charge in [0.15, 0.2) is 5.60 Å². The predicted octanol–water partition coefficient (Wildman–Crippen LogP) is -13.1. The van der Waals surface area contributed by atoms with Crippen LogP contribution in [0.15, 0.2) is 29.2 Å². The maximum absolute atomic E-state index is 11.1. The molecule has 1 aliphatic rings. The summed E-state index contributed by atoms with van der Waals surface area (Å²) in [6.45, 7) is 0. The van der Waals surface area contributed by atoms with E-state index in [0.717, 1.165) is 0 Å². The molecule has 1 aromatic carbocycles. The van der Waals surface area contributed by atoms with Crippen LogP contribution in [0.1, 0.15) is 23.2 Å². The molecule has 1 aliphatic heterocycles. The zero-order valence-electron chi connectivity index (χ0n) is 16.1. The van der Waals surface area contributed by atoms with E-state index in [1.54, 1.807) is 12.1 Å². The van der Waals surface area contributed by atoms with Gasteiger partial charge in [-0.05, 0) is 12.1 Å². The van der Waals surface area contributed by atoms with Crippen LogP contribution in [-0.4, -0.2) is 68.8 Å². The first-order valence-electron chi connectivity index (χ1n) is 6.64. The molecular weight excluding hydrogens is 589 g/mol. The molecule has 1 amide bonds. The van der Waals surface area contributed by atoms with Gasteiger partial charge in [0.2, 0.25) is 0 Å². The molecule has 0 aromatic heterocycles. The monoisotopic (exact) mass is 601 g/mol. The maximum Gasteiger partial charge on any atom is 2.00 e. The number of carbonyl (C=O) groups excluding carboxylic acids is 1. The third-order valence-electron chi connectivity index (χ3n) is 2.93.